The lowest BCUT2D eigenvalue weighted by Gasteiger charge is -2.45. The molecule has 22 heavy (non-hydrogen) atoms. The lowest BCUT2D eigenvalue weighted by Crippen LogP contribution is -2.58. The highest BCUT2D eigenvalue weighted by atomic mass is 15.2. The molecular weight excluding hydrogens is 272 g/mol. The Hall–Kier alpha value is -0.160. The number of hydrogen-bond acceptors (Lipinski definition) is 4. The van der Waals surface area contributed by atoms with Gasteiger partial charge in [-0.2, -0.15) is 0 Å². The number of hydrogen-bond donors (Lipinski definition) is 2. The Kier molecular flexibility index (Phi) is 5.92. The molecule has 4 nitrogen and oxygen atoms in total. The van der Waals surface area contributed by atoms with Crippen LogP contribution in [0.1, 0.15) is 60.3 Å². The lowest BCUT2D eigenvalue weighted by atomic mass is 9.94. The molecule has 1 atom stereocenters. The highest BCUT2D eigenvalue weighted by Gasteiger charge is 2.32. The van der Waals surface area contributed by atoms with Crippen LogP contribution in [0, 0.1) is 0 Å². The molecule has 3 N–H and O–H groups in total. The summed E-state index contributed by atoms with van der Waals surface area (Å²) >= 11 is 0. The van der Waals surface area contributed by atoms with Gasteiger partial charge in [0.05, 0.1) is 0 Å². The lowest BCUT2D eigenvalue weighted by molar-refractivity contribution is 0.0661. The molecule has 0 spiro atoms. The van der Waals surface area contributed by atoms with Gasteiger partial charge in [-0.05, 0) is 66.8 Å². The Morgan fingerprint density at radius 1 is 0.955 bits per heavy atom. The van der Waals surface area contributed by atoms with Gasteiger partial charge < -0.3 is 11.1 Å². The molecule has 2 rings (SSSR count). The molecule has 0 aromatic rings. The maximum absolute atomic E-state index is 6.04. The Bertz CT molecular complexity index is 339. The Balaban J connectivity index is 1.81. The number of piperidine rings is 2. The van der Waals surface area contributed by atoms with E-state index in [9.17, 15) is 0 Å². The van der Waals surface area contributed by atoms with Crippen molar-refractivity contribution in [2.24, 2.45) is 5.73 Å². The fourth-order valence-corrected chi connectivity index (χ4v) is 3.76. The maximum atomic E-state index is 6.04. The number of nitrogens with one attached hydrogen (secondary N) is 1. The molecule has 0 bridgehead atoms. The standard InChI is InChI=1S/C18H38N4/c1-17(2,3)22-10-6-7-16(13-22)20-14-18(4,5)21-11-8-15(19)9-12-21/h15-16,20H,6-14,19H2,1-5H3. The van der Waals surface area contributed by atoms with Crippen LogP contribution in [0.25, 0.3) is 0 Å². The zero-order valence-corrected chi connectivity index (χ0v) is 15.5. The van der Waals surface area contributed by atoms with Gasteiger partial charge >= 0.3 is 0 Å². The summed E-state index contributed by atoms with van der Waals surface area (Å²) in [7, 11) is 0. The first kappa shape index (κ1) is 18.2. The molecule has 4 heteroatoms. The van der Waals surface area contributed by atoms with E-state index < -0.39 is 0 Å². The highest BCUT2D eigenvalue weighted by Crippen LogP contribution is 2.22. The van der Waals surface area contributed by atoms with Gasteiger partial charge in [0.2, 0.25) is 0 Å². The van der Waals surface area contributed by atoms with Gasteiger partial charge in [0, 0.05) is 49.3 Å². The molecule has 0 aromatic heterocycles. The smallest absolute Gasteiger partial charge is 0.0277 e. The van der Waals surface area contributed by atoms with Crippen molar-refractivity contribution in [1.29, 1.82) is 0 Å². The quantitative estimate of drug-likeness (QED) is 0.834. The van der Waals surface area contributed by atoms with Crippen LogP contribution in [-0.2, 0) is 0 Å². The van der Waals surface area contributed by atoms with Gasteiger partial charge in [-0.3, -0.25) is 9.80 Å². The van der Waals surface area contributed by atoms with E-state index in [1.807, 2.05) is 0 Å². The van der Waals surface area contributed by atoms with Crippen LogP contribution in [0.15, 0.2) is 0 Å². The number of likely N-dealkylation sites (tertiary alicyclic amines) is 2. The summed E-state index contributed by atoms with van der Waals surface area (Å²) in [4.78, 5) is 5.24. The second kappa shape index (κ2) is 7.16. The summed E-state index contributed by atoms with van der Waals surface area (Å²) in [5.74, 6) is 0. The van der Waals surface area contributed by atoms with E-state index in [-0.39, 0.29) is 5.54 Å². The summed E-state index contributed by atoms with van der Waals surface area (Å²) in [6.07, 6.45) is 4.91. The average Bonchev–Trinajstić information content (AvgIpc) is 2.45. The van der Waals surface area contributed by atoms with Crippen molar-refractivity contribution in [3.8, 4) is 0 Å². The molecule has 0 radical (unpaired) electrons. The van der Waals surface area contributed by atoms with Crippen LogP contribution in [0.2, 0.25) is 0 Å². The zero-order chi connectivity index (χ0) is 16.4. The van der Waals surface area contributed by atoms with Gasteiger partial charge in [-0.25, -0.2) is 0 Å². The van der Waals surface area contributed by atoms with Crippen LogP contribution in [0.4, 0.5) is 0 Å². The van der Waals surface area contributed by atoms with Crippen LogP contribution >= 0.6 is 0 Å². The Labute approximate surface area is 137 Å². The third-order valence-corrected chi connectivity index (χ3v) is 5.59. The van der Waals surface area contributed by atoms with Crippen LogP contribution in [0.5, 0.6) is 0 Å². The number of rotatable bonds is 4. The van der Waals surface area contributed by atoms with Gasteiger partial charge in [0.15, 0.2) is 0 Å². The van der Waals surface area contributed by atoms with Crippen molar-refractivity contribution >= 4 is 0 Å². The molecule has 0 aliphatic carbocycles. The molecule has 0 saturated carbocycles. The average molecular weight is 311 g/mol. The zero-order valence-electron chi connectivity index (χ0n) is 15.5. The van der Waals surface area contributed by atoms with Gasteiger partial charge in [-0.15, -0.1) is 0 Å². The first-order chi connectivity index (χ1) is 10.2. The van der Waals surface area contributed by atoms with E-state index >= 15 is 0 Å². The normalized spacial score (nSPS) is 27.3. The fourth-order valence-electron chi connectivity index (χ4n) is 3.76. The molecule has 130 valence electrons. The first-order valence-electron chi connectivity index (χ1n) is 9.17. The molecule has 2 aliphatic rings. The predicted molar refractivity (Wildman–Crippen MR) is 95.2 cm³/mol. The van der Waals surface area contributed by atoms with Crippen molar-refractivity contribution < 1.29 is 0 Å². The Morgan fingerprint density at radius 3 is 2.18 bits per heavy atom. The van der Waals surface area contributed by atoms with Crippen molar-refractivity contribution in [2.45, 2.75) is 83.5 Å². The third-order valence-electron chi connectivity index (χ3n) is 5.59. The SMILES string of the molecule is CC(C)(C)N1CCCC(NCC(C)(C)N2CCC(N)CC2)C1. The molecular formula is C18H38N4. The second-order valence-corrected chi connectivity index (χ2v) is 8.97. The topological polar surface area (TPSA) is 44.5 Å². The molecule has 2 saturated heterocycles. The summed E-state index contributed by atoms with van der Waals surface area (Å²) in [6.45, 7) is 17.5. The molecule has 2 aliphatic heterocycles. The molecule has 1 unspecified atom stereocenters. The number of nitrogens with zero attached hydrogens (tertiary/aromatic N) is 2. The number of nitrogens with two attached hydrogens (primary N) is 1. The van der Waals surface area contributed by atoms with E-state index in [1.54, 1.807) is 0 Å². The van der Waals surface area contributed by atoms with Crippen molar-refractivity contribution in [3.05, 3.63) is 0 Å². The second-order valence-electron chi connectivity index (χ2n) is 8.97. The molecule has 0 amide bonds. The summed E-state index contributed by atoms with van der Waals surface area (Å²) in [6, 6.07) is 1.05. The van der Waals surface area contributed by atoms with Crippen molar-refractivity contribution in [2.75, 3.05) is 32.7 Å². The van der Waals surface area contributed by atoms with E-state index in [0.717, 1.165) is 32.5 Å². The van der Waals surface area contributed by atoms with Crippen molar-refractivity contribution in [1.82, 2.24) is 15.1 Å². The maximum Gasteiger partial charge on any atom is 0.0277 e. The third kappa shape index (κ3) is 4.92. The predicted octanol–water partition coefficient (Wildman–Crippen LogP) is 2.04. The Morgan fingerprint density at radius 2 is 1.59 bits per heavy atom. The first-order valence-corrected chi connectivity index (χ1v) is 9.17. The van der Waals surface area contributed by atoms with E-state index in [1.165, 1.54) is 25.9 Å². The highest BCUT2D eigenvalue weighted by molar-refractivity contribution is 4.91. The van der Waals surface area contributed by atoms with Gasteiger partial charge in [0.1, 0.15) is 0 Å². The minimum Gasteiger partial charge on any atom is -0.328 e. The molecule has 0 aromatic carbocycles. The molecule has 2 fully saturated rings. The van der Waals surface area contributed by atoms with Crippen LogP contribution in [0.3, 0.4) is 0 Å². The van der Waals surface area contributed by atoms with E-state index in [2.05, 4.69) is 49.7 Å². The minimum absolute atomic E-state index is 0.226. The van der Waals surface area contributed by atoms with Gasteiger partial charge in [-0.1, -0.05) is 0 Å². The molecule has 2 heterocycles. The monoisotopic (exact) mass is 310 g/mol. The largest absolute Gasteiger partial charge is 0.328 e. The van der Waals surface area contributed by atoms with Crippen LogP contribution < -0.4 is 11.1 Å². The fraction of sp³-hybridized carbons (Fsp3) is 1.00. The van der Waals surface area contributed by atoms with Crippen molar-refractivity contribution in [3.63, 3.8) is 0 Å². The van der Waals surface area contributed by atoms with E-state index in [4.69, 9.17) is 5.73 Å². The minimum atomic E-state index is 0.226. The van der Waals surface area contributed by atoms with Gasteiger partial charge in [0.25, 0.3) is 0 Å². The summed E-state index contributed by atoms with van der Waals surface area (Å²) < 4.78 is 0. The van der Waals surface area contributed by atoms with Crippen LogP contribution in [-0.4, -0.2) is 65.7 Å². The summed E-state index contributed by atoms with van der Waals surface area (Å²) in [5.41, 5.74) is 6.56. The summed E-state index contributed by atoms with van der Waals surface area (Å²) in [5, 5.41) is 3.86. The van der Waals surface area contributed by atoms with E-state index in [0.29, 0.717) is 17.6 Å².